The van der Waals surface area contributed by atoms with E-state index in [-0.39, 0.29) is 0 Å². The predicted molar refractivity (Wildman–Crippen MR) is 42.1 cm³/mol. The first-order valence-electron chi connectivity index (χ1n) is 3.61. The second-order valence-corrected chi connectivity index (χ2v) is 2.32. The Balaban J connectivity index is 3.97. The van der Waals surface area contributed by atoms with Gasteiger partial charge in [-0.05, 0) is 26.3 Å². The Labute approximate surface area is 66.7 Å². The van der Waals surface area contributed by atoms with E-state index in [1.54, 1.807) is 20.8 Å². The number of carbonyl (C=O) groups is 1. The summed E-state index contributed by atoms with van der Waals surface area (Å²) in [5, 5.41) is 8.96. The molecule has 1 N–H and O–H groups in total. The van der Waals surface area contributed by atoms with Crippen molar-refractivity contribution in [2.75, 3.05) is 6.61 Å². The highest BCUT2D eigenvalue weighted by Gasteiger charge is 2.01. The Kier molecular flexibility index (Phi) is 4.54. The smallest absolute Gasteiger partial charge is 0.330 e. The van der Waals surface area contributed by atoms with E-state index in [0.717, 1.165) is 0 Å². The van der Waals surface area contributed by atoms with Gasteiger partial charge in [0.2, 0.25) is 0 Å². The van der Waals surface area contributed by atoms with Gasteiger partial charge < -0.3 is 9.84 Å². The first-order chi connectivity index (χ1) is 5.07. The molecule has 0 aliphatic heterocycles. The van der Waals surface area contributed by atoms with Crippen LogP contribution < -0.4 is 0 Å². The molecule has 3 heteroatoms. The molecule has 0 aliphatic carbocycles. The molecule has 0 amide bonds. The first-order valence-corrected chi connectivity index (χ1v) is 3.61. The Morgan fingerprint density at radius 1 is 1.73 bits per heavy atom. The number of hydrogen-bond donors (Lipinski definition) is 1. The van der Waals surface area contributed by atoms with Crippen molar-refractivity contribution in [3.8, 4) is 0 Å². The van der Waals surface area contributed by atoms with E-state index in [2.05, 4.69) is 4.74 Å². The number of hydrogen-bond acceptors (Lipinski definition) is 3. The van der Waals surface area contributed by atoms with Gasteiger partial charge in [0, 0.05) is 6.08 Å². The molecule has 0 radical (unpaired) electrons. The van der Waals surface area contributed by atoms with Gasteiger partial charge in [-0.15, -0.1) is 0 Å². The van der Waals surface area contributed by atoms with Crippen molar-refractivity contribution < 1.29 is 14.6 Å². The molecule has 0 aromatic carbocycles. The molecule has 11 heavy (non-hydrogen) atoms. The molecule has 64 valence electrons. The molecule has 0 fully saturated rings. The van der Waals surface area contributed by atoms with Gasteiger partial charge in [0.05, 0.1) is 12.7 Å². The predicted octanol–water partition coefficient (Wildman–Crippen LogP) is 0.877. The van der Waals surface area contributed by atoms with E-state index in [9.17, 15) is 4.79 Å². The standard InChI is InChI=1S/C8H14O3/c1-4-11-8(10)5-6(2)7(3)9/h5,7,9H,4H2,1-3H3/b6-5-. The third kappa shape index (κ3) is 4.56. The molecule has 0 bridgehead atoms. The lowest BCUT2D eigenvalue weighted by Gasteiger charge is -2.02. The number of rotatable bonds is 3. The molecule has 3 nitrogen and oxygen atoms in total. The number of aliphatic hydroxyl groups excluding tert-OH is 1. The van der Waals surface area contributed by atoms with E-state index >= 15 is 0 Å². The average Bonchev–Trinajstić information content (AvgIpc) is 1.87. The molecule has 0 aromatic rings. The van der Waals surface area contributed by atoms with Crippen LogP contribution in [0.3, 0.4) is 0 Å². The molecular weight excluding hydrogens is 144 g/mol. The minimum atomic E-state index is -0.584. The summed E-state index contributed by atoms with van der Waals surface area (Å²) in [7, 11) is 0. The van der Waals surface area contributed by atoms with Crippen LogP contribution in [0.1, 0.15) is 20.8 Å². The van der Waals surface area contributed by atoms with Crippen LogP contribution in [0.25, 0.3) is 0 Å². The maximum atomic E-state index is 10.7. The maximum Gasteiger partial charge on any atom is 0.330 e. The monoisotopic (exact) mass is 158 g/mol. The first kappa shape index (κ1) is 10.2. The minimum Gasteiger partial charge on any atom is -0.463 e. The molecule has 1 atom stereocenters. The highest BCUT2D eigenvalue weighted by atomic mass is 16.5. The highest BCUT2D eigenvalue weighted by Crippen LogP contribution is 1.99. The van der Waals surface area contributed by atoms with Crippen LogP contribution in [0.5, 0.6) is 0 Å². The van der Waals surface area contributed by atoms with Gasteiger partial charge in [-0.25, -0.2) is 4.79 Å². The fourth-order valence-corrected chi connectivity index (χ4v) is 0.490. The minimum absolute atomic E-state index is 0.364. The van der Waals surface area contributed by atoms with E-state index in [0.29, 0.717) is 12.2 Å². The summed E-state index contributed by atoms with van der Waals surface area (Å²) in [4.78, 5) is 10.7. The molecule has 0 saturated heterocycles. The Morgan fingerprint density at radius 3 is 2.64 bits per heavy atom. The van der Waals surface area contributed by atoms with Crippen molar-refractivity contribution in [2.24, 2.45) is 0 Å². The van der Waals surface area contributed by atoms with Crippen LogP contribution >= 0.6 is 0 Å². The normalized spacial score (nSPS) is 14.4. The third-order valence-electron chi connectivity index (χ3n) is 1.29. The summed E-state index contributed by atoms with van der Waals surface area (Å²) in [6, 6.07) is 0. The van der Waals surface area contributed by atoms with Crippen LogP contribution in [-0.4, -0.2) is 23.8 Å². The highest BCUT2D eigenvalue weighted by molar-refractivity contribution is 5.82. The zero-order chi connectivity index (χ0) is 8.85. The molecule has 0 rings (SSSR count). The SMILES string of the molecule is CCOC(=O)/C=C(/C)C(C)O. The zero-order valence-corrected chi connectivity index (χ0v) is 7.13. The van der Waals surface area contributed by atoms with Crippen molar-refractivity contribution in [1.82, 2.24) is 0 Å². The Bertz CT molecular complexity index is 159. The van der Waals surface area contributed by atoms with Crippen LogP contribution in [0, 0.1) is 0 Å². The van der Waals surface area contributed by atoms with Crippen molar-refractivity contribution in [1.29, 1.82) is 0 Å². The van der Waals surface area contributed by atoms with Crippen molar-refractivity contribution in [3.63, 3.8) is 0 Å². The van der Waals surface area contributed by atoms with Gasteiger partial charge in [-0.1, -0.05) is 0 Å². The molecule has 0 saturated carbocycles. The molecule has 0 heterocycles. The molecular formula is C8H14O3. The van der Waals surface area contributed by atoms with Gasteiger partial charge in [0.1, 0.15) is 0 Å². The topological polar surface area (TPSA) is 46.5 Å². The van der Waals surface area contributed by atoms with Gasteiger partial charge in [0.15, 0.2) is 0 Å². The summed E-state index contributed by atoms with van der Waals surface area (Å²) in [6.07, 6.45) is 0.716. The van der Waals surface area contributed by atoms with Crippen LogP contribution in [0.2, 0.25) is 0 Å². The second-order valence-electron chi connectivity index (χ2n) is 2.32. The van der Waals surface area contributed by atoms with Crippen LogP contribution in [0.15, 0.2) is 11.6 Å². The van der Waals surface area contributed by atoms with Gasteiger partial charge in [-0.2, -0.15) is 0 Å². The second kappa shape index (κ2) is 4.91. The van der Waals surface area contributed by atoms with Crippen LogP contribution in [-0.2, 0) is 9.53 Å². The summed E-state index contributed by atoms with van der Waals surface area (Å²) >= 11 is 0. The lowest BCUT2D eigenvalue weighted by Crippen LogP contribution is -2.06. The van der Waals surface area contributed by atoms with E-state index in [4.69, 9.17) is 5.11 Å². The number of esters is 1. The Morgan fingerprint density at radius 2 is 2.27 bits per heavy atom. The van der Waals surface area contributed by atoms with E-state index in [1.165, 1.54) is 6.08 Å². The van der Waals surface area contributed by atoms with Crippen molar-refractivity contribution in [2.45, 2.75) is 26.9 Å². The fourth-order valence-electron chi connectivity index (χ4n) is 0.490. The van der Waals surface area contributed by atoms with Gasteiger partial charge in [0.25, 0.3) is 0 Å². The summed E-state index contributed by atoms with van der Waals surface area (Å²) in [5.74, 6) is -0.397. The maximum absolute atomic E-state index is 10.7. The molecule has 0 spiro atoms. The molecule has 0 aliphatic rings. The lowest BCUT2D eigenvalue weighted by molar-refractivity contribution is -0.137. The van der Waals surface area contributed by atoms with E-state index in [1.807, 2.05) is 0 Å². The average molecular weight is 158 g/mol. The number of carbonyl (C=O) groups excluding carboxylic acids is 1. The number of aliphatic hydroxyl groups is 1. The summed E-state index contributed by atoms with van der Waals surface area (Å²) < 4.78 is 4.64. The Hall–Kier alpha value is -0.830. The van der Waals surface area contributed by atoms with Crippen molar-refractivity contribution >= 4 is 5.97 Å². The van der Waals surface area contributed by atoms with Crippen molar-refractivity contribution in [3.05, 3.63) is 11.6 Å². The molecule has 1 unspecified atom stereocenters. The van der Waals surface area contributed by atoms with Crippen LogP contribution in [0.4, 0.5) is 0 Å². The molecule has 0 aromatic heterocycles. The van der Waals surface area contributed by atoms with Gasteiger partial charge >= 0.3 is 5.97 Å². The third-order valence-corrected chi connectivity index (χ3v) is 1.29. The summed E-state index contributed by atoms with van der Waals surface area (Å²) in [5.41, 5.74) is 0.614. The zero-order valence-electron chi connectivity index (χ0n) is 7.13. The largest absolute Gasteiger partial charge is 0.463 e. The van der Waals surface area contributed by atoms with Gasteiger partial charge in [-0.3, -0.25) is 0 Å². The quantitative estimate of drug-likeness (QED) is 0.490. The number of ether oxygens (including phenoxy) is 1. The fraction of sp³-hybridized carbons (Fsp3) is 0.625. The lowest BCUT2D eigenvalue weighted by atomic mass is 10.2. The summed E-state index contributed by atoms with van der Waals surface area (Å²) in [6.45, 7) is 5.39. The van der Waals surface area contributed by atoms with E-state index < -0.39 is 12.1 Å².